The first-order valence-electron chi connectivity index (χ1n) is 10.4. The molecule has 1 amide bonds. The second-order valence-corrected chi connectivity index (χ2v) is 8.95. The average Bonchev–Trinajstić information content (AvgIpc) is 3.27. The van der Waals surface area contributed by atoms with Crippen molar-refractivity contribution in [2.24, 2.45) is 0 Å². The second-order valence-electron chi connectivity index (χ2n) is 7.81. The third-order valence-corrected chi connectivity index (χ3v) is 6.61. The van der Waals surface area contributed by atoms with Gasteiger partial charge in [-0.25, -0.2) is 0 Å². The smallest absolute Gasteiger partial charge is 0.251 e. The molecular weight excluding hydrogens is 408 g/mol. The van der Waals surface area contributed by atoms with Gasteiger partial charge in [-0.3, -0.25) is 4.79 Å². The van der Waals surface area contributed by atoms with Crippen molar-refractivity contribution in [2.45, 2.75) is 24.9 Å². The third kappa shape index (κ3) is 4.35. The molecule has 0 saturated carbocycles. The van der Waals surface area contributed by atoms with Gasteiger partial charge >= 0.3 is 0 Å². The van der Waals surface area contributed by atoms with Crippen molar-refractivity contribution >= 4 is 23.4 Å². The van der Waals surface area contributed by atoms with Gasteiger partial charge in [0.2, 0.25) is 6.79 Å². The number of hydrogen-bond donors (Lipinski definition) is 1. The lowest BCUT2D eigenvalue weighted by Gasteiger charge is -2.31. The molecule has 31 heavy (non-hydrogen) atoms. The molecule has 0 saturated heterocycles. The van der Waals surface area contributed by atoms with Crippen LogP contribution in [0.3, 0.4) is 0 Å². The molecular formula is C25H24N2O3S. The molecule has 5 rings (SSSR count). The predicted molar refractivity (Wildman–Crippen MR) is 123 cm³/mol. The van der Waals surface area contributed by atoms with Gasteiger partial charge in [-0.15, -0.1) is 11.8 Å². The molecule has 0 unspecified atom stereocenters. The van der Waals surface area contributed by atoms with Crippen LogP contribution in [-0.4, -0.2) is 25.0 Å². The first-order chi connectivity index (χ1) is 15.2. The zero-order valence-electron chi connectivity index (χ0n) is 17.4. The standard InChI is InChI=1S/C25H24N2O3S/c1-17-2-4-18(5-3-17)15-27-10-11-31-24-9-7-20(13-21(24)27)25(28)26-14-19-6-8-22-23(12-19)30-16-29-22/h2-9,12-13H,10-11,14-16H2,1H3,(H,26,28). The minimum atomic E-state index is -0.0775. The molecule has 0 aromatic heterocycles. The van der Waals surface area contributed by atoms with Crippen LogP contribution in [0.2, 0.25) is 0 Å². The number of anilines is 1. The Morgan fingerprint density at radius 1 is 1.00 bits per heavy atom. The summed E-state index contributed by atoms with van der Waals surface area (Å²) < 4.78 is 10.8. The lowest BCUT2D eigenvalue weighted by atomic mass is 10.1. The molecule has 3 aromatic rings. The van der Waals surface area contributed by atoms with Crippen molar-refractivity contribution in [2.75, 3.05) is 24.0 Å². The van der Waals surface area contributed by atoms with Crippen LogP contribution in [-0.2, 0) is 13.1 Å². The quantitative estimate of drug-likeness (QED) is 0.630. The van der Waals surface area contributed by atoms with E-state index in [4.69, 9.17) is 9.47 Å². The average molecular weight is 433 g/mol. The van der Waals surface area contributed by atoms with E-state index < -0.39 is 0 Å². The number of carbonyl (C=O) groups is 1. The maximum atomic E-state index is 12.8. The molecule has 0 bridgehead atoms. The van der Waals surface area contributed by atoms with Crippen LogP contribution >= 0.6 is 11.8 Å². The number of benzene rings is 3. The van der Waals surface area contributed by atoms with Gasteiger partial charge in [0.1, 0.15) is 0 Å². The minimum absolute atomic E-state index is 0.0775. The van der Waals surface area contributed by atoms with E-state index in [0.717, 1.165) is 41.6 Å². The molecule has 0 radical (unpaired) electrons. The van der Waals surface area contributed by atoms with E-state index >= 15 is 0 Å². The molecule has 5 nitrogen and oxygen atoms in total. The second kappa shape index (κ2) is 8.55. The summed E-state index contributed by atoms with van der Waals surface area (Å²) in [6, 6.07) is 20.4. The lowest BCUT2D eigenvalue weighted by molar-refractivity contribution is 0.0950. The molecule has 1 N–H and O–H groups in total. The van der Waals surface area contributed by atoms with E-state index in [1.165, 1.54) is 16.0 Å². The van der Waals surface area contributed by atoms with Gasteiger partial charge in [-0.1, -0.05) is 35.9 Å². The van der Waals surface area contributed by atoms with Gasteiger partial charge in [0.05, 0.1) is 5.69 Å². The largest absolute Gasteiger partial charge is 0.454 e. The van der Waals surface area contributed by atoms with Gasteiger partial charge in [-0.2, -0.15) is 0 Å². The number of thioether (sulfide) groups is 1. The highest BCUT2D eigenvalue weighted by molar-refractivity contribution is 7.99. The number of hydrogen-bond acceptors (Lipinski definition) is 5. The molecule has 0 atom stereocenters. The highest BCUT2D eigenvalue weighted by Crippen LogP contribution is 2.36. The maximum Gasteiger partial charge on any atom is 0.251 e. The van der Waals surface area contributed by atoms with Crippen molar-refractivity contribution < 1.29 is 14.3 Å². The van der Waals surface area contributed by atoms with Crippen LogP contribution < -0.4 is 19.7 Å². The predicted octanol–water partition coefficient (Wildman–Crippen LogP) is 4.77. The van der Waals surface area contributed by atoms with Gasteiger partial charge in [-0.05, 0) is 48.4 Å². The van der Waals surface area contributed by atoms with Crippen LogP contribution in [0.25, 0.3) is 0 Å². The Morgan fingerprint density at radius 3 is 2.68 bits per heavy atom. The number of nitrogens with zero attached hydrogens (tertiary/aromatic N) is 1. The third-order valence-electron chi connectivity index (χ3n) is 5.56. The Bertz CT molecular complexity index is 1110. The number of nitrogens with one attached hydrogen (secondary N) is 1. The van der Waals surface area contributed by atoms with Gasteiger partial charge in [0.25, 0.3) is 5.91 Å². The van der Waals surface area contributed by atoms with Crippen molar-refractivity contribution in [3.8, 4) is 11.5 Å². The highest BCUT2D eigenvalue weighted by Gasteiger charge is 2.20. The molecule has 2 aliphatic heterocycles. The Balaban J connectivity index is 1.30. The molecule has 2 heterocycles. The summed E-state index contributed by atoms with van der Waals surface area (Å²) in [5.41, 5.74) is 5.33. The summed E-state index contributed by atoms with van der Waals surface area (Å²) in [5, 5.41) is 3.02. The van der Waals surface area contributed by atoms with Gasteiger partial charge in [0.15, 0.2) is 11.5 Å². The molecule has 0 fully saturated rings. The maximum absolute atomic E-state index is 12.8. The number of aryl methyl sites for hydroxylation is 1. The summed E-state index contributed by atoms with van der Waals surface area (Å²) in [6.07, 6.45) is 0. The fourth-order valence-electron chi connectivity index (χ4n) is 3.83. The van der Waals surface area contributed by atoms with Crippen molar-refractivity contribution in [3.05, 3.63) is 82.9 Å². The molecule has 0 spiro atoms. The highest BCUT2D eigenvalue weighted by atomic mass is 32.2. The fraction of sp³-hybridized carbons (Fsp3) is 0.240. The van der Waals surface area contributed by atoms with Crippen molar-refractivity contribution in [1.29, 1.82) is 0 Å². The normalized spacial score (nSPS) is 14.3. The summed E-state index contributed by atoms with van der Waals surface area (Å²) >= 11 is 1.85. The van der Waals surface area contributed by atoms with Gasteiger partial charge < -0.3 is 19.7 Å². The van der Waals surface area contributed by atoms with E-state index in [2.05, 4.69) is 47.5 Å². The number of rotatable bonds is 5. The summed E-state index contributed by atoms with van der Waals surface area (Å²) in [5.74, 6) is 2.45. The molecule has 6 heteroatoms. The van der Waals surface area contributed by atoms with E-state index in [1.54, 1.807) is 0 Å². The Labute approximate surface area is 186 Å². The van der Waals surface area contributed by atoms with Crippen LogP contribution in [0.5, 0.6) is 11.5 Å². The van der Waals surface area contributed by atoms with Crippen LogP contribution in [0.4, 0.5) is 5.69 Å². The van der Waals surface area contributed by atoms with Gasteiger partial charge in [0, 0.05) is 35.8 Å². The summed E-state index contributed by atoms with van der Waals surface area (Å²) in [6.45, 7) is 4.60. The van der Waals surface area contributed by atoms with Crippen molar-refractivity contribution in [1.82, 2.24) is 5.32 Å². The lowest BCUT2D eigenvalue weighted by Crippen LogP contribution is -2.29. The first kappa shape index (κ1) is 19.8. The number of fused-ring (bicyclic) bond motifs is 2. The Kier molecular flexibility index (Phi) is 5.47. The van der Waals surface area contributed by atoms with E-state index in [1.807, 2.05) is 42.1 Å². The number of carbonyl (C=O) groups excluding carboxylic acids is 1. The molecule has 0 aliphatic carbocycles. The van der Waals surface area contributed by atoms with Crippen LogP contribution in [0.1, 0.15) is 27.0 Å². The monoisotopic (exact) mass is 432 g/mol. The van der Waals surface area contributed by atoms with Crippen molar-refractivity contribution in [3.63, 3.8) is 0 Å². The topological polar surface area (TPSA) is 50.8 Å². The van der Waals surface area contributed by atoms with Crippen LogP contribution in [0.15, 0.2) is 65.6 Å². The molecule has 158 valence electrons. The Morgan fingerprint density at radius 2 is 1.81 bits per heavy atom. The van der Waals surface area contributed by atoms with E-state index in [0.29, 0.717) is 12.1 Å². The number of ether oxygens (including phenoxy) is 2. The summed E-state index contributed by atoms with van der Waals surface area (Å²) in [4.78, 5) is 16.4. The molecule has 3 aromatic carbocycles. The zero-order valence-corrected chi connectivity index (χ0v) is 18.2. The SMILES string of the molecule is Cc1ccc(CN2CCSc3ccc(C(=O)NCc4ccc5c(c4)OCO5)cc32)cc1. The molecule has 2 aliphatic rings. The van der Waals surface area contributed by atoms with E-state index in [9.17, 15) is 4.79 Å². The zero-order chi connectivity index (χ0) is 21.2. The first-order valence-corrected chi connectivity index (χ1v) is 11.4. The van der Waals surface area contributed by atoms with E-state index in [-0.39, 0.29) is 12.7 Å². The Hall–Kier alpha value is -3.12. The summed E-state index contributed by atoms with van der Waals surface area (Å²) in [7, 11) is 0. The van der Waals surface area contributed by atoms with Crippen LogP contribution in [0, 0.1) is 6.92 Å². The number of amides is 1. The fourth-order valence-corrected chi connectivity index (χ4v) is 4.86. The minimum Gasteiger partial charge on any atom is -0.454 e.